The van der Waals surface area contributed by atoms with Gasteiger partial charge in [0.25, 0.3) is 5.91 Å². The van der Waals surface area contributed by atoms with Crippen LogP contribution in [-0.2, 0) is 9.53 Å². The van der Waals surface area contributed by atoms with Crippen molar-refractivity contribution in [3.05, 3.63) is 30.3 Å². The number of benzene rings is 1. The van der Waals surface area contributed by atoms with Crippen molar-refractivity contribution in [3.63, 3.8) is 0 Å². The lowest BCUT2D eigenvalue weighted by molar-refractivity contribution is -0.123. The van der Waals surface area contributed by atoms with E-state index in [1.807, 2.05) is 30.3 Å². The van der Waals surface area contributed by atoms with Crippen molar-refractivity contribution in [1.29, 1.82) is 0 Å². The molecule has 0 aromatic heterocycles. The standard InChI is InChI=1S/C14H22N2O2/c1-2-3-10-16(13-7-5-4-6-8-13)14(17)12-18-11-9-15/h4-8H,2-3,9-12,15H2,1H3. The number of carbonyl (C=O) groups is 1. The fraction of sp³-hybridized carbons (Fsp3) is 0.500. The van der Waals surface area contributed by atoms with Gasteiger partial charge in [0.1, 0.15) is 6.61 Å². The van der Waals surface area contributed by atoms with Crippen LogP contribution in [0.4, 0.5) is 5.69 Å². The lowest BCUT2D eigenvalue weighted by atomic mass is 10.2. The number of nitrogens with two attached hydrogens (primary N) is 1. The molecule has 2 N–H and O–H groups in total. The molecule has 0 aliphatic rings. The van der Waals surface area contributed by atoms with Gasteiger partial charge in [0.15, 0.2) is 0 Å². The van der Waals surface area contributed by atoms with E-state index in [2.05, 4.69) is 6.92 Å². The SMILES string of the molecule is CCCCN(C(=O)COCCN)c1ccccc1. The van der Waals surface area contributed by atoms with Gasteiger partial charge >= 0.3 is 0 Å². The van der Waals surface area contributed by atoms with Crippen LogP contribution >= 0.6 is 0 Å². The highest BCUT2D eigenvalue weighted by atomic mass is 16.5. The maximum atomic E-state index is 12.1. The Morgan fingerprint density at radius 3 is 2.67 bits per heavy atom. The molecule has 4 heteroatoms. The Morgan fingerprint density at radius 1 is 1.33 bits per heavy atom. The largest absolute Gasteiger partial charge is 0.370 e. The van der Waals surface area contributed by atoms with Crippen LogP contribution in [0.1, 0.15) is 19.8 Å². The first kappa shape index (κ1) is 14.7. The lowest BCUT2D eigenvalue weighted by Gasteiger charge is -2.22. The molecule has 0 radical (unpaired) electrons. The lowest BCUT2D eigenvalue weighted by Crippen LogP contribution is -2.35. The Bertz CT molecular complexity index is 341. The molecule has 1 rings (SSSR count). The summed E-state index contributed by atoms with van der Waals surface area (Å²) in [5.41, 5.74) is 6.26. The molecule has 0 saturated heterocycles. The molecule has 0 spiro atoms. The van der Waals surface area contributed by atoms with Gasteiger partial charge in [-0.25, -0.2) is 0 Å². The molecule has 0 bridgehead atoms. The Kier molecular flexibility index (Phi) is 7.06. The van der Waals surface area contributed by atoms with E-state index in [9.17, 15) is 4.79 Å². The zero-order valence-electron chi connectivity index (χ0n) is 11.0. The molecule has 0 heterocycles. The van der Waals surface area contributed by atoms with Crippen LogP contribution in [0.2, 0.25) is 0 Å². The number of unbranched alkanes of at least 4 members (excludes halogenated alkanes) is 1. The average molecular weight is 250 g/mol. The molecule has 0 aliphatic heterocycles. The van der Waals surface area contributed by atoms with Crippen LogP contribution in [0.5, 0.6) is 0 Å². The van der Waals surface area contributed by atoms with Crippen molar-refractivity contribution < 1.29 is 9.53 Å². The molecule has 0 aliphatic carbocycles. The van der Waals surface area contributed by atoms with Crippen molar-refractivity contribution in [3.8, 4) is 0 Å². The summed E-state index contributed by atoms with van der Waals surface area (Å²) in [4.78, 5) is 13.9. The summed E-state index contributed by atoms with van der Waals surface area (Å²) in [6, 6.07) is 9.69. The predicted octanol–water partition coefficient (Wildman–Crippen LogP) is 1.79. The van der Waals surface area contributed by atoms with E-state index >= 15 is 0 Å². The first-order valence-corrected chi connectivity index (χ1v) is 6.42. The fourth-order valence-electron chi connectivity index (χ4n) is 1.64. The van der Waals surface area contributed by atoms with Gasteiger partial charge in [-0.1, -0.05) is 31.5 Å². The number of ether oxygens (including phenoxy) is 1. The highest BCUT2D eigenvalue weighted by Gasteiger charge is 2.14. The summed E-state index contributed by atoms with van der Waals surface area (Å²) in [7, 11) is 0. The third-order valence-electron chi connectivity index (χ3n) is 2.59. The minimum absolute atomic E-state index is 0.0110. The number of anilines is 1. The second-order valence-electron chi connectivity index (χ2n) is 4.08. The minimum atomic E-state index is -0.0110. The highest BCUT2D eigenvalue weighted by molar-refractivity contribution is 5.94. The van der Waals surface area contributed by atoms with Gasteiger partial charge in [-0.05, 0) is 18.6 Å². The van der Waals surface area contributed by atoms with Crippen LogP contribution in [-0.4, -0.2) is 32.2 Å². The van der Waals surface area contributed by atoms with E-state index in [4.69, 9.17) is 10.5 Å². The second kappa shape index (κ2) is 8.66. The summed E-state index contributed by atoms with van der Waals surface area (Å²) in [6.07, 6.45) is 2.04. The van der Waals surface area contributed by atoms with E-state index in [0.29, 0.717) is 13.2 Å². The van der Waals surface area contributed by atoms with E-state index in [1.54, 1.807) is 4.90 Å². The number of hydrogen-bond acceptors (Lipinski definition) is 3. The molecule has 1 aromatic rings. The second-order valence-corrected chi connectivity index (χ2v) is 4.08. The molecular formula is C14H22N2O2. The summed E-state index contributed by atoms with van der Waals surface area (Å²) in [5.74, 6) is -0.0110. The number of carbonyl (C=O) groups excluding carboxylic acids is 1. The maximum Gasteiger partial charge on any atom is 0.252 e. The van der Waals surface area contributed by atoms with Crippen LogP contribution in [0.3, 0.4) is 0 Å². The fourth-order valence-corrected chi connectivity index (χ4v) is 1.64. The number of nitrogens with zero attached hydrogens (tertiary/aromatic N) is 1. The first-order valence-electron chi connectivity index (χ1n) is 6.42. The molecule has 1 aromatic carbocycles. The van der Waals surface area contributed by atoms with Gasteiger partial charge in [0, 0.05) is 18.8 Å². The number of hydrogen-bond donors (Lipinski definition) is 1. The quantitative estimate of drug-likeness (QED) is 0.716. The van der Waals surface area contributed by atoms with Crippen LogP contribution < -0.4 is 10.6 Å². The molecule has 0 unspecified atom stereocenters. The molecule has 0 saturated carbocycles. The van der Waals surface area contributed by atoms with E-state index in [0.717, 1.165) is 25.1 Å². The van der Waals surface area contributed by atoms with Gasteiger partial charge in [-0.3, -0.25) is 4.79 Å². The summed E-state index contributed by atoms with van der Waals surface area (Å²) < 4.78 is 5.21. The smallest absolute Gasteiger partial charge is 0.252 e. The Hall–Kier alpha value is -1.39. The van der Waals surface area contributed by atoms with Crippen molar-refractivity contribution in [2.24, 2.45) is 5.73 Å². The topological polar surface area (TPSA) is 55.6 Å². The van der Waals surface area contributed by atoms with Crippen molar-refractivity contribution in [2.45, 2.75) is 19.8 Å². The van der Waals surface area contributed by atoms with Crippen LogP contribution in [0, 0.1) is 0 Å². The number of para-hydroxylation sites is 1. The molecule has 100 valence electrons. The third-order valence-corrected chi connectivity index (χ3v) is 2.59. The normalized spacial score (nSPS) is 10.3. The molecule has 4 nitrogen and oxygen atoms in total. The Morgan fingerprint density at radius 2 is 2.06 bits per heavy atom. The molecule has 0 fully saturated rings. The zero-order valence-corrected chi connectivity index (χ0v) is 11.0. The first-order chi connectivity index (χ1) is 8.79. The van der Waals surface area contributed by atoms with Crippen LogP contribution in [0.15, 0.2) is 30.3 Å². The van der Waals surface area contributed by atoms with Gasteiger partial charge in [0.2, 0.25) is 0 Å². The predicted molar refractivity (Wildman–Crippen MR) is 73.6 cm³/mol. The Balaban J connectivity index is 2.63. The van der Waals surface area contributed by atoms with Gasteiger partial charge < -0.3 is 15.4 Å². The van der Waals surface area contributed by atoms with Gasteiger partial charge in [-0.15, -0.1) is 0 Å². The van der Waals surface area contributed by atoms with E-state index < -0.39 is 0 Å². The van der Waals surface area contributed by atoms with Gasteiger partial charge in [-0.2, -0.15) is 0 Å². The summed E-state index contributed by atoms with van der Waals surface area (Å²) in [5, 5.41) is 0. The average Bonchev–Trinajstić information content (AvgIpc) is 2.41. The van der Waals surface area contributed by atoms with Crippen molar-refractivity contribution in [1.82, 2.24) is 0 Å². The maximum absolute atomic E-state index is 12.1. The molecule has 1 amide bonds. The van der Waals surface area contributed by atoms with Crippen LogP contribution in [0.25, 0.3) is 0 Å². The monoisotopic (exact) mass is 250 g/mol. The summed E-state index contributed by atoms with van der Waals surface area (Å²) in [6.45, 7) is 3.79. The van der Waals surface area contributed by atoms with E-state index in [1.165, 1.54) is 0 Å². The third kappa shape index (κ3) is 4.85. The number of rotatable bonds is 8. The molecule has 0 atom stereocenters. The molecule has 18 heavy (non-hydrogen) atoms. The Labute approximate surface area is 109 Å². The van der Waals surface area contributed by atoms with Crippen molar-refractivity contribution in [2.75, 3.05) is 31.2 Å². The zero-order chi connectivity index (χ0) is 13.2. The highest BCUT2D eigenvalue weighted by Crippen LogP contribution is 2.14. The van der Waals surface area contributed by atoms with Gasteiger partial charge in [0.05, 0.1) is 6.61 Å². The molecular weight excluding hydrogens is 228 g/mol. The van der Waals surface area contributed by atoms with E-state index in [-0.39, 0.29) is 12.5 Å². The summed E-state index contributed by atoms with van der Waals surface area (Å²) >= 11 is 0. The minimum Gasteiger partial charge on any atom is -0.370 e. The van der Waals surface area contributed by atoms with Crippen molar-refractivity contribution >= 4 is 11.6 Å². The number of amides is 1.